The van der Waals surface area contributed by atoms with E-state index in [-0.39, 0.29) is 11.9 Å². The van der Waals surface area contributed by atoms with Crippen molar-refractivity contribution in [1.82, 2.24) is 20.1 Å². The van der Waals surface area contributed by atoms with Gasteiger partial charge in [0.2, 0.25) is 0 Å². The maximum atomic E-state index is 12.4. The zero-order chi connectivity index (χ0) is 14.8. The van der Waals surface area contributed by atoms with Crippen LogP contribution in [-0.2, 0) is 12.8 Å². The highest BCUT2D eigenvalue weighted by atomic mass is 32.1. The quantitative estimate of drug-likeness (QED) is 0.845. The minimum Gasteiger partial charge on any atom is -0.341 e. The molecule has 0 aliphatic carbocycles. The van der Waals surface area contributed by atoms with Gasteiger partial charge in [-0.05, 0) is 12.8 Å². The number of hydrogen-bond acceptors (Lipinski definition) is 4. The van der Waals surface area contributed by atoms with Crippen LogP contribution in [0.2, 0.25) is 0 Å². The third-order valence-corrected chi connectivity index (χ3v) is 5.23. The van der Waals surface area contributed by atoms with Crippen LogP contribution in [0.1, 0.15) is 33.2 Å². The van der Waals surface area contributed by atoms with E-state index in [1.807, 2.05) is 4.90 Å². The van der Waals surface area contributed by atoms with Gasteiger partial charge in [-0.1, -0.05) is 0 Å². The molecule has 114 valence electrons. The lowest BCUT2D eigenvalue weighted by atomic mass is 10.2. The third-order valence-electron chi connectivity index (χ3n) is 4.08. The van der Waals surface area contributed by atoms with Gasteiger partial charge in [-0.3, -0.25) is 4.79 Å². The van der Waals surface area contributed by atoms with Gasteiger partial charge in [0.1, 0.15) is 0 Å². The summed E-state index contributed by atoms with van der Waals surface area (Å²) in [5, 5.41) is 3.28. The first-order valence-electron chi connectivity index (χ1n) is 7.43. The molecule has 1 aromatic rings. The molecule has 2 aliphatic rings. The summed E-state index contributed by atoms with van der Waals surface area (Å²) in [6.45, 7) is 3.06. The molecule has 6 nitrogen and oxygen atoms in total. The summed E-state index contributed by atoms with van der Waals surface area (Å²) in [5.41, 5.74) is 0.994. The Morgan fingerprint density at radius 3 is 2.52 bits per heavy atom. The SMILES string of the molecule is CNC(=O)N1CCc2nc(C(=O)N3CCCC3)sc2CC1. The van der Waals surface area contributed by atoms with Crippen molar-refractivity contribution in [3.63, 3.8) is 0 Å². The van der Waals surface area contributed by atoms with E-state index in [0.717, 1.165) is 49.3 Å². The molecule has 0 unspecified atom stereocenters. The number of urea groups is 1. The largest absolute Gasteiger partial charge is 0.341 e. The lowest BCUT2D eigenvalue weighted by molar-refractivity contribution is 0.0792. The molecule has 2 aliphatic heterocycles. The van der Waals surface area contributed by atoms with Crippen LogP contribution < -0.4 is 5.32 Å². The Morgan fingerprint density at radius 1 is 1.10 bits per heavy atom. The van der Waals surface area contributed by atoms with Crippen molar-refractivity contribution < 1.29 is 9.59 Å². The van der Waals surface area contributed by atoms with Gasteiger partial charge in [0.15, 0.2) is 5.01 Å². The third kappa shape index (κ3) is 2.88. The summed E-state index contributed by atoms with van der Waals surface area (Å²) in [6, 6.07) is -0.0430. The number of fused-ring (bicyclic) bond motifs is 1. The lowest BCUT2D eigenvalue weighted by Gasteiger charge is -2.19. The Morgan fingerprint density at radius 2 is 1.81 bits per heavy atom. The van der Waals surface area contributed by atoms with E-state index in [1.54, 1.807) is 11.9 Å². The molecule has 1 aromatic heterocycles. The van der Waals surface area contributed by atoms with Gasteiger partial charge in [0.25, 0.3) is 5.91 Å². The van der Waals surface area contributed by atoms with Gasteiger partial charge < -0.3 is 15.1 Å². The molecule has 0 bridgehead atoms. The van der Waals surface area contributed by atoms with E-state index in [1.165, 1.54) is 11.3 Å². The van der Waals surface area contributed by atoms with Gasteiger partial charge in [0, 0.05) is 50.9 Å². The lowest BCUT2D eigenvalue weighted by Crippen LogP contribution is -2.39. The fourth-order valence-electron chi connectivity index (χ4n) is 2.87. The Kier molecular flexibility index (Phi) is 4.10. The molecule has 21 heavy (non-hydrogen) atoms. The monoisotopic (exact) mass is 308 g/mol. The average molecular weight is 308 g/mol. The summed E-state index contributed by atoms with van der Waals surface area (Å²) >= 11 is 1.50. The molecule has 3 amide bonds. The molecule has 3 heterocycles. The molecule has 0 saturated carbocycles. The van der Waals surface area contributed by atoms with Gasteiger partial charge in [-0.15, -0.1) is 11.3 Å². The summed E-state index contributed by atoms with van der Waals surface area (Å²) < 4.78 is 0. The van der Waals surface area contributed by atoms with Crippen LogP contribution >= 0.6 is 11.3 Å². The molecule has 1 saturated heterocycles. The smallest absolute Gasteiger partial charge is 0.317 e. The van der Waals surface area contributed by atoms with Gasteiger partial charge in [-0.25, -0.2) is 9.78 Å². The Hall–Kier alpha value is -1.63. The number of carbonyl (C=O) groups is 2. The van der Waals surface area contributed by atoms with Crippen molar-refractivity contribution in [2.75, 3.05) is 33.2 Å². The molecule has 3 rings (SSSR count). The van der Waals surface area contributed by atoms with Crippen LogP contribution in [-0.4, -0.2) is 59.9 Å². The second-order valence-electron chi connectivity index (χ2n) is 5.43. The van der Waals surface area contributed by atoms with Gasteiger partial charge in [-0.2, -0.15) is 0 Å². The number of nitrogens with zero attached hydrogens (tertiary/aromatic N) is 3. The van der Waals surface area contributed by atoms with E-state index >= 15 is 0 Å². The molecular formula is C14H20N4O2S. The average Bonchev–Trinajstić information content (AvgIpc) is 3.12. The fourth-order valence-corrected chi connectivity index (χ4v) is 3.94. The second-order valence-corrected chi connectivity index (χ2v) is 6.51. The summed E-state index contributed by atoms with van der Waals surface area (Å²) in [6.07, 6.45) is 3.70. The number of thiazole rings is 1. The molecular weight excluding hydrogens is 288 g/mol. The van der Waals surface area contributed by atoms with Crippen molar-refractivity contribution in [3.05, 3.63) is 15.6 Å². The van der Waals surface area contributed by atoms with Crippen molar-refractivity contribution in [2.45, 2.75) is 25.7 Å². The van der Waals surface area contributed by atoms with Crippen molar-refractivity contribution in [1.29, 1.82) is 0 Å². The Labute approximate surface area is 128 Å². The topological polar surface area (TPSA) is 65.5 Å². The van der Waals surface area contributed by atoms with Crippen LogP contribution in [0.5, 0.6) is 0 Å². The van der Waals surface area contributed by atoms with Gasteiger partial charge >= 0.3 is 6.03 Å². The molecule has 0 spiro atoms. The number of nitrogens with one attached hydrogen (secondary N) is 1. The van der Waals surface area contributed by atoms with Crippen molar-refractivity contribution in [2.24, 2.45) is 0 Å². The van der Waals surface area contributed by atoms with E-state index in [4.69, 9.17) is 0 Å². The number of aromatic nitrogens is 1. The highest BCUT2D eigenvalue weighted by Crippen LogP contribution is 2.25. The first-order chi connectivity index (χ1) is 10.2. The van der Waals surface area contributed by atoms with E-state index in [9.17, 15) is 9.59 Å². The van der Waals surface area contributed by atoms with Crippen LogP contribution in [0.15, 0.2) is 0 Å². The van der Waals surface area contributed by atoms with E-state index in [0.29, 0.717) is 18.1 Å². The molecule has 7 heteroatoms. The minimum atomic E-state index is -0.0430. The highest BCUT2D eigenvalue weighted by molar-refractivity contribution is 7.13. The molecule has 0 aromatic carbocycles. The standard InChI is InChI=1S/C14H20N4O2S/c1-15-14(20)18-8-4-10-11(5-9-18)21-12(16-10)13(19)17-6-2-3-7-17/h2-9H2,1H3,(H,15,20). The number of carbonyl (C=O) groups excluding carboxylic acids is 2. The maximum absolute atomic E-state index is 12.4. The molecule has 1 fully saturated rings. The first kappa shape index (κ1) is 14.3. The van der Waals surface area contributed by atoms with E-state index < -0.39 is 0 Å². The molecule has 0 atom stereocenters. The number of hydrogen-bond donors (Lipinski definition) is 1. The Bertz CT molecular complexity index is 526. The summed E-state index contributed by atoms with van der Waals surface area (Å²) in [7, 11) is 1.65. The number of amides is 3. The molecule has 0 radical (unpaired) electrons. The van der Waals surface area contributed by atoms with Gasteiger partial charge in [0.05, 0.1) is 5.69 Å². The van der Waals surface area contributed by atoms with Crippen LogP contribution in [0.25, 0.3) is 0 Å². The fraction of sp³-hybridized carbons (Fsp3) is 0.643. The first-order valence-corrected chi connectivity index (χ1v) is 8.25. The van der Waals surface area contributed by atoms with Crippen LogP contribution in [0.4, 0.5) is 4.79 Å². The van der Waals surface area contributed by atoms with Crippen LogP contribution in [0, 0.1) is 0 Å². The number of rotatable bonds is 1. The number of likely N-dealkylation sites (tertiary alicyclic amines) is 1. The summed E-state index contributed by atoms with van der Waals surface area (Å²) in [5.74, 6) is 0.0775. The minimum absolute atomic E-state index is 0.0430. The zero-order valence-electron chi connectivity index (χ0n) is 12.2. The second kappa shape index (κ2) is 6.01. The predicted octanol–water partition coefficient (Wildman–Crippen LogP) is 1.12. The Balaban J connectivity index is 1.71. The maximum Gasteiger partial charge on any atom is 0.317 e. The van der Waals surface area contributed by atoms with Crippen molar-refractivity contribution in [3.8, 4) is 0 Å². The summed E-state index contributed by atoms with van der Waals surface area (Å²) in [4.78, 5) is 33.4. The van der Waals surface area contributed by atoms with E-state index in [2.05, 4.69) is 10.3 Å². The molecule has 1 N–H and O–H groups in total. The highest BCUT2D eigenvalue weighted by Gasteiger charge is 2.26. The van der Waals surface area contributed by atoms with Crippen molar-refractivity contribution >= 4 is 23.3 Å². The zero-order valence-corrected chi connectivity index (χ0v) is 13.0. The normalized spacial score (nSPS) is 18.3. The van der Waals surface area contributed by atoms with Crippen LogP contribution in [0.3, 0.4) is 0 Å². The predicted molar refractivity (Wildman–Crippen MR) is 80.7 cm³/mol.